The monoisotopic (exact) mass is 289 g/mol. The molecule has 4 nitrogen and oxygen atoms in total. The Morgan fingerprint density at radius 2 is 2.30 bits per heavy atom. The largest absolute Gasteiger partial charge is 0.347 e. The predicted octanol–water partition coefficient (Wildman–Crippen LogP) is 3.25. The molecule has 1 aromatic carbocycles. The molecule has 1 unspecified atom stereocenters. The van der Waals surface area contributed by atoms with Crippen LogP contribution in [0.15, 0.2) is 36.7 Å². The molecule has 0 saturated carbocycles. The van der Waals surface area contributed by atoms with Gasteiger partial charge >= 0.3 is 0 Å². The summed E-state index contributed by atoms with van der Waals surface area (Å²) < 4.78 is 13.9. The predicted molar refractivity (Wildman–Crippen MR) is 76.3 cm³/mol. The zero-order valence-electron chi connectivity index (χ0n) is 10.7. The normalized spacial score (nSPS) is 12.5. The smallest absolute Gasteiger partial charge is 0.261 e. The molecule has 0 fully saturated rings. The van der Waals surface area contributed by atoms with Crippen LogP contribution in [-0.4, -0.2) is 15.9 Å². The summed E-state index contributed by atoms with van der Waals surface area (Å²) in [5.74, 6) is 0.219. The van der Waals surface area contributed by atoms with Crippen molar-refractivity contribution in [3.05, 3.63) is 53.2 Å². The summed E-state index contributed by atoms with van der Waals surface area (Å²) in [7, 11) is 0. The molecule has 0 spiro atoms. The van der Waals surface area contributed by atoms with Gasteiger partial charge in [-0.2, -0.15) is 0 Å². The Morgan fingerprint density at radius 3 is 3.05 bits per heavy atom. The Kier molecular flexibility index (Phi) is 3.23. The van der Waals surface area contributed by atoms with Crippen LogP contribution in [0.1, 0.15) is 28.5 Å². The zero-order valence-corrected chi connectivity index (χ0v) is 11.5. The molecular formula is C14H12FN3OS. The topological polar surface area (TPSA) is 57.8 Å². The van der Waals surface area contributed by atoms with Crippen LogP contribution in [0.4, 0.5) is 4.39 Å². The molecule has 1 amide bonds. The number of hydrogen-bond donors (Lipinski definition) is 2. The van der Waals surface area contributed by atoms with Crippen LogP contribution in [0.5, 0.6) is 0 Å². The standard InChI is InChI=1S/C14H12FN3OS/c1-8(13-16-4-5-17-13)18-14(19)12-6-9-2-3-10(15)7-11(9)20-12/h2-8H,1H3,(H,16,17)(H,18,19). The highest BCUT2D eigenvalue weighted by molar-refractivity contribution is 7.20. The number of aromatic amines is 1. The van der Waals surface area contributed by atoms with E-state index in [1.165, 1.54) is 23.5 Å². The minimum atomic E-state index is -0.296. The van der Waals surface area contributed by atoms with Crippen LogP contribution in [0.2, 0.25) is 0 Å². The van der Waals surface area contributed by atoms with E-state index in [-0.39, 0.29) is 17.8 Å². The van der Waals surface area contributed by atoms with Gasteiger partial charge in [0.05, 0.1) is 10.9 Å². The van der Waals surface area contributed by atoms with Crippen molar-refractivity contribution in [1.82, 2.24) is 15.3 Å². The molecule has 1 atom stereocenters. The van der Waals surface area contributed by atoms with E-state index in [1.807, 2.05) is 6.92 Å². The Bertz CT molecular complexity index is 751. The first-order valence-electron chi connectivity index (χ1n) is 6.13. The molecule has 20 heavy (non-hydrogen) atoms. The lowest BCUT2D eigenvalue weighted by atomic mass is 10.2. The van der Waals surface area contributed by atoms with Gasteiger partial charge in [0.1, 0.15) is 11.6 Å². The van der Waals surface area contributed by atoms with Gasteiger partial charge in [0.2, 0.25) is 0 Å². The number of amides is 1. The second-order valence-electron chi connectivity index (χ2n) is 4.46. The number of aromatic nitrogens is 2. The number of nitrogens with one attached hydrogen (secondary N) is 2. The van der Waals surface area contributed by atoms with Gasteiger partial charge in [-0.05, 0) is 30.5 Å². The van der Waals surface area contributed by atoms with Crippen LogP contribution < -0.4 is 5.32 Å². The van der Waals surface area contributed by atoms with E-state index in [0.29, 0.717) is 10.7 Å². The fourth-order valence-corrected chi connectivity index (χ4v) is 2.96. The molecule has 0 aliphatic rings. The van der Waals surface area contributed by atoms with Gasteiger partial charge in [-0.1, -0.05) is 6.07 Å². The van der Waals surface area contributed by atoms with Crippen molar-refractivity contribution in [2.45, 2.75) is 13.0 Å². The second-order valence-corrected chi connectivity index (χ2v) is 5.55. The molecule has 0 bridgehead atoms. The number of carbonyl (C=O) groups excluding carboxylic acids is 1. The number of carbonyl (C=O) groups is 1. The lowest BCUT2D eigenvalue weighted by Crippen LogP contribution is -2.26. The van der Waals surface area contributed by atoms with E-state index in [4.69, 9.17) is 0 Å². The van der Waals surface area contributed by atoms with Gasteiger partial charge in [-0.15, -0.1) is 11.3 Å². The fraction of sp³-hybridized carbons (Fsp3) is 0.143. The first kappa shape index (κ1) is 12.8. The van der Waals surface area contributed by atoms with Crippen molar-refractivity contribution in [3.63, 3.8) is 0 Å². The average molecular weight is 289 g/mol. The van der Waals surface area contributed by atoms with Crippen LogP contribution in [0.3, 0.4) is 0 Å². The number of H-pyrrole nitrogens is 1. The third-order valence-electron chi connectivity index (χ3n) is 2.98. The molecule has 0 radical (unpaired) electrons. The molecule has 2 N–H and O–H groups in total. The van der Waals surface area contributed by atoms with Crippen molar-refractivity contribution < 1.29 is 9.18 Å². The summed E-state index contributed by atoms with van der Waals surface area (Å²) in [5.41, 5.74) is 0. The lowest BCUT2D eigenvalue weighted by molar-refractivity contribution is 0.0942. The molecule has 6 heteroatoms. The summed E-state index contributed by atoms with van der Waals surface area (Å²) >= 11 is 1.28. The van der Waals surface area contributed by atoms with Crippen LogP contribution in [0, 0.1) is 5.82 Å². The molecule has 3 rings (SSSR count). The Balaban J connectivity index is 1.82. The van der Waals surface area contributed by atoms with E-state index < -0.39 is 0 Å². The van der Waals surface area contributed by atoms with E-state index in [9.17, 15) is 9.18 Å². The molecule has 3 aromatic rings. The second kappa shape index (κ2) is 5.05. The lowest BCUT2D eigenvalue weighted by Gasteiger charge is -2.10. The first-order chi connectivity index (χ1) is 9.63. The fourth-order valence-electron chi connectivity index (χ4n) is 1.97. The van der Waals surface area contributed by atoms with Crippen molar-refractivity contribution >= 4 is 27.3 Å². The molecule has 2 aromatic heterocycles. The molecule has 102 valence electrons. The summed E-state index contributed by atoms with van der Waals surface area (Å²) in [6.45, 7) is 1.85. The number of benzene rings is 1. The van der Waals surface area contributed by atoms with E-state index in [1.54, 1.807) is 24.5 Å². The third-order valence-corrected chi connectivity index (χ3v) is 4.08. The highest BCUT2D eigenvalue weighted by Crippen LogP contribution is 2.26. The van der Waals surface area contributed by atoms with Crippen molar-refractivity contribution in [1.29, 1.82) is 0 Å². The quantitative estimate of drug-likeness (QED) is 0.777. The van der Waals surface area contributed by atoms with Crippen molar-refractivity contribution in [2.24, 2.45) is 0 Å². The Hall–Kier alpha value is -2.21. The Morgan fingerprint density at radius 1 is 1.45 bits per heavy atom. The van der Waals surface area contributed by atoms with E-state index >= 15 is 0 Å². The summed E-state index contributed by atoms with van der Waals surface area (Å²) in [5, 5.41) is 3.73. The number of hydrogen-bond acceptors (Lipinski definition) is 3. The number of rotatable bonds is 3. The van der Waals surface area contributed by atoms with Crippen LogP contribution in [-0.2, 0) is 0 Å². The molecular weight excluding hydrogens is 277 g/mol. The van der Waals surface area contributed by atoms with E-state index in [2.05, 4.69) is 15.3 Å². The van der Waals surface area contributed by atoms with Gasteiger partial charge in [0, 0.05) is 17.1 Å². The number of halogens is 1. The Labute approximate surface area is 118 Å². The summed E-state index contributed by atoms with van der Waals surface area (Å²) in [6, 6.07) is 6.06. The van der Waals surface area contributed by atoms with Gasteiger partial charge in [0.15, 0.2) is 0 Å². The number of fused-ring (bicyclic) bond motifs is 1. The SMILES string of the molecule is CC(NC(=O)c1cc2ccc(F)cc2s1)c1ncc[nH]1. The van der Waals surface area contributed by atoms with Crippen LogP contribution in [0.25, 0.3) is 10.1 Å². The molecule has 0 aliphatic carbocycles. The highest BCUT2D eigenvalue weighted by atomic mass is 32.1. The summed E-state index contributed by atoms with van der Waals surface area (Å²) in [6.07, 6.45) is 3.35. The zero-order chi connectivity index (χ0) is 14.1. The highest BCUT2D eigenvalue weighted by Gasteiger charge is 2.15. The van der Waals surface area contributed by atoms with Crippen LogP contribution >= 0.6 is 11.3 Å². The van der Waals surface area contributed by atoms with Gasteiger partial charge in [0.25, 0.3) is 5.91 Å². The number of imidazole rings is 1. The van der Waals surface area contributed by atoms with Gasteiger partial charge < -0.3 is 10.3 Å². The average Bonchev–Trinajstić information content (AvgIpc) is 3.07. The molecule has 2 heterocycles. The number of thiophene rings is 1. The van der Waals surface area contributed by atoms with E-state index in [0.717, 1.165) is 10.1 Å². The summed E-state index contributed by atoms with van der Waals surface area (Å²) in [4.78, 5) is 19.8. The third kappa shape index (κ3) is 2.42. The number of nitrogens with zero attached hydrogens (tertiary/aromatic N) is 1. The van der Waals surface area contributed by atoms with Crippen molar-refractivity contribution in [2.75, 3.05) is 0 Å². The van der Waals surface area contributed by atoms with Crippen molar-refractivity contribution in [3.8, 4) is 0 Å². The van der Waals surface area contributed by atoms with Gasteiger partial charge in [-0.3, -0.25) is 4.79 Å². The maximum atomic E-state index is 13.1. The van der Waals surface area contributed by atoms with Gasteiger partial charge in [-0.25, -0.2) is 9.37 Å². The first-order valence-corrected chi connectivity index (χ1v) is 6.94. The molecule has 0 aliphatic heterocycles. The maximum Gasteiger partial charge on any atom is 0.261 e. The minimum Gasteiger partial charge on any atom is -0.347 e. The molecule has 0 saturated heterocycles. The minimum absolute atomic E-state index is 0.185. The maximum absolute atomic E-state index is 13.1.